The summed E-state index contributed by atoms with van der Waals surface area (Å²) in [6.45, 7) is 22.2. The molecule has 0 aromatic heterocycles. The van der Waals surface area contributed by atoms with Crippen LogP contribution in [-0.2, 0) is 21.1 Å². The van der Waals surface area contributed by atoms with Gasteiger partial charge in [-0.25, -0.2) is 0 Å². The van der Waals surface area contributed by atoms with Crippen LogP contribution >= 0.6 is 0 Å². The van der Waals surface area contributed by atoms with Crippen LogP contribution in [0, 0.1) is 34.5 Å². The second kappa shape index (κ2) is 11.6. The Kier molecular flexibility index (Phi) is 14.5. The number of allylic oxidation sites excluding steroid dienone is 2. The van der Waals surface area contributed by atoms with Crippen molar-refractivity contribution < 1.29 is 21.1 Å². The fourth-order valence-corrected chi connectivity index (χ4v) is 1.41. The van der Waals surface area contributed by atoms with Crippen LogP contribution in [0.4, 0.5) is 0 Å². The van der Waals surface area contributed by atoms with Gasteiger partial charge in [0.05, 0.1) is 0 Å². The Bertz CT molecular complexity index is 221. The molecule has 0 bridgehead atoms. The van der Waals surface area contributed by atoms with Gasteiger partial charge in [0.1, 0.15) is 5.59 Å². The molecule has 0 aromatic carbocycles. The van der Waals surface area contributed by atoms with Gasteiger partial charge >= 0.3 is 0 Å². The van der Waals surface area contributed by atoms with Gasteiger partial charge in [-0.05, 0) is 43.4 Å². The summed E-state index contributed by atoms with van der Waals surface area (Å²) < 4.78 is 0. The van der Waals surface area contributed by atoms with Crippen molar-refractivity contribution in [2.45, 2.75) is 48.5 Å². The molecule has 1 fully saturated rings. The predicted molar refractivity (Wildman–Crippen MR) is 79.7 cm³/mol. The number of hydrogen-bond acceptors (Lipinski definition) is 1. The zero-order chi connectivity index (χ0) is 15.0. The predicted octanol–water partition coefficient (Wildman–Crippen LogP) is 4.66. The Labute approximate surface area is 134 Å². The first kappa shape index (κ1) is 23.8. The fraction of sp³-hybridized carbons (Fsp3) is 0.438. The molecule has 0 heterocycles. The van der Waals surface area contributed by atoms with E-state index in [9.17, 15) is 0 Å². The largest absolute Gasteiger partial charge is 0.120 e. The van der Waals surface area contributed by atoms with Crippen LogP contribution in [0.25, 0.3) is 0 Å². The Balaban J connectivity index is -0.000000249. The van der Waals surface area contributed by atoms with Gasteiger partial charge in [0, 0.05) is 21.1 Å². The first-order valence-electron chi connectivity index (χ1n) is 5.89. The second-order valence-electron chi connectivity index (χ2n) is 4.69. The molecule has 0 spiro atoms. The third kappa shape index (κ3) is 7.82. The maximum atomic E-state index is 7.25. The van der Waals surface area contributed by atoms with Crippen LogP contribution in [-0.4, -0.2) is 0 Å². The van der Waals surface area contributed by atoms with E-state index in [0.717, 1.165) is 11.1 Å². The molecule has 0 atom stereocenters. The third-order valence-electron chi connectivity index (χ3n) is 3.54. The summed E-state index contributed by atoms with van der Waals surface area (Å²) in [6.07, 6.45) is 0. The quantitative estimate of drug-likeness (QED) is 0.504. The van der Waals surface area contributed by atoms with E-state index in [-0.39, 0.29) is 21.1 Å². The Morgan fingerprint density at radius 3 is 0.842 bits per heavy atom. The zero-order valence-corrected chi connectivity index (χ0v) is 15.2. The maximum absolute atomic E-state index is 7.25. The maximum Gasteiger partial charge on any atom is 0.120 e. The van der Waals surface area contributed by atoms with Gasteiger partial charge in [-0.1, -0.05) is 58.9 Å². The minimum absolute atomic E-state index is 0. The van der Waals surface area contributed by atoms with Crippen LogP contribution in [0.3, 0.4) is 0 Å². The second-order valence-corrected chi connectivity index (χ2v) is 4.69. The van der Waals surface area contributed by atoms with E-state index in [4.69, 9.17) is 10.5 Å². The summed E-state index contributed by atoms with van der Waals surface area (Å²) in [4.78, 5) is 7.25. The van der Waals surface area contributed by atoms with E-state index >= 15 is 0 Å². The van der Waals surface area contributed by atoms with Crippen molar-refractivity contribution in [1.82, 2.24) is 5.59 Å². The molecule has 1 aliphatic rings. The van der Waals surface area contributed by atoms with Crippen molar-refractivity contribution in [3.63, 3.8) is 0 Å². The van der Waals surface area contributed by atoms with Crippen molar-refractivity contribution in [3.8, 4) is 0 Å². The van der Waals surface area contributed by atoms with Crippen LogP contribution in [0.1, 0.15) is 48.5 Å². The molecule has 6 radical (unpaired) electrons. The van der Waals surface area contributed by atoms with Gasteiger partial charge in [0.15, 0.2) is 0 Å². The topological polar surface area (TPSA) is 39.4 Å². The molecule has 0 unspecified atom stereocenters. The molecule has 0 N–H and O–H groups in total. The van der Waals surface area contributed by atoms with Gasteiger partial charge in [-0.3, -0.25) is 0 Å². The number of rotatable bonds is 1. The third-order valence-corrected chi connectivity index (χ3v) is 3.54. The van der Waals surface area contributed by atoms with Crippen molar-refractivity contribution in [2.24, 2.45) is 0 Å². The number of hydrogen-bond donors (Lipinski definition) is 0. The summed E-state index contributed by atoms with van der Waals surface area (Å²) in [5.74, 6) is 7.34. The standard InChI is InChI=1S/C10H15.C6H10.Mo.NO/c1-6-7(2)9(4)10(5)8(6)3;1-5(2)6(3)4;;1-2/h1-5H3;1,3H2,2,4H3;;. The molecule has 2 nitrogen and oxygen atoms in total. The molecule has 1 rings (SSSR count). The Morgan fingerprint density at radius 2 is 0.789 bits per heavy atom. The first-order chi connectivity index (χ1) is 8.20. The van der Waals surface area contributed by atoms with Crippen molar-refractivity contribution in [3.05, 3.63) is 58.8 Å². The van der Waals surface area contributed by atoms with E-state index in [1.54, 1.807) is 0 Å². The Hall–Kier alpha value is -0.232. The molecule has 3 heteroatoms. The SMILES string of the molecule is C=C(C)C(=C)C.C[C]1[C](C)[C](C)[C](C)[C]1C.[Mo].[N]=O. The summed E-state index contributed by atoms with van der Waals surface area (Å²) in [5.41, 5.74) is 7.88. The molecule has 19 heavy (non-hydrogen) atoms. The fourth-order valence-electron chi connectivity index (χ4n) is 1.41. The molecule has 0 aromatic rings. The number of nitrogens with zero attached hydrogens (tertiary/aromatic N) is 1. The van der Waals surface area contributed by atoms with Crippen LogP contribution in [0.15, 0.2) is 24.3 Å². The molecular weight excluding hydrogens is 318 g/mol. The summed E-state index contributed by atoms with van der Waals surface area (Å²) in [5, 5.41) is 0. The monoisotopic (exact) mass is 345 g/mol. The average Bonchev–Trinajstić information content (AvgIpc) is 2.51. The number of nitroso groups, excluding NO2 is 1. The van der Waals surface area contributed by atoms with Crippen LogP contribution in [0.5, 0.6) is 0 Å². The normalized spacial score (nSPS) is 17.6. The first-order valence-corrected chi connectivity index (χ1v) is 5.89. The molecule has 0 amide bonds. The molecule has 0 aliphatic heterocycles. The summed E-state index contributed by atoms with van der Waals surface area (Å²) in [6, 6.07) is 0. The molecule has 0 saturated heterocycles. The Morgan fingerprint density at radius 1 is 0.684 bits per heavy atom. The van der Waals surface area contributed by atoms with Gasteiger partial charge < -0.3 is 0 Å². The summed E-state index contributed by atoms with van der Waals surface area (Å²) in [7, 11) is 0. The molecule has 1 aliphatic carbocycles. The minimum Gasteiger partial charge on any atom is -0.120 e. The van der Waals surface area contributed by atoms with Crippen molar-refractivity contribution in [2.75, 3.05) is 0 Å². The molecular formula is C16H25MoNO. The van der Waals surface area contributed by atoms with Crippen LogP contribution in [0.2, 0.25) is 0 Å². The van der Waals surface area contributed by atoms with E-state index in [1.165, 1.54) is 29.6 Å². The van der Waals surface area contributed by atoms with E-state index in [2.05, 4.69) is 47.8 Å². The van der Waals surface area contributed by atoms with Gasteiger partial charge in [-0.2, -0.15) is 0 Å². The van der Waals surface area contributed by atoms with Gasteiger partial charge in [0.25, 0.3) is 0 Å². The van der Waals surface area contributed by atoms with E-state index in [0.29, 0.717) is 0 Å². The van der Waals surface area contributed by atoms with E-state index in [1.807, 2.05) is 13.8 Å². The molecule has 106 valence electrons. The average molecular weight is 343 g/mol. The van der Waals surface area contributed by atoms with Crippen molar-refractivity contribution in [1.29, 1.82) is 0 Å². The van der Waals surface area contributed by atoms with Crippen molar-refractivity contribution >= 4 is 0 Å². The minimum atomic E-state index is 0. The van der Waals surface area contributed by atoms with Gasteiger partial charge in [0.2, 0.25) is 0 Å². The smallest absolute Gasteiger partial charge is 0.120 e. The van der Waals surface area contributed by atoms with Crippen LogP contribution < -0.4 is 5.59 Å². The molecule has 1 saturated carbocycles. The van der Waals surface area contributed by atoms with Gasteiger partial charge in [-0.15, -0.1) is 4.91 Å². The zero-order valence-electron chi connectivity index (χ0n) is 13.2. The van der Waals surface area contributed by atoms with E-state index < -0.39 is 0 Å². The summed E-state index contributed by atoms with van der Waals surface area (Å²) >= 11 is 0.